The lowest BCUT2D eigenvalue weighted by Gasteiger charge is -2.18. The molecule has 0 saturated carbocycles. The Kier molecular flexibility index (Phi) is 11.4. The first-order valence-electron chi connectivity index (χ1n) is 16.8. The Morgan fingerprint density at radius 3 is 2.02 bits per heavy atom. The fraction of sp³-hybridized carbons (Fsp3) is 0.0526. The molecule has 0 bridgehead atoms. The number of benzene rings is 4. The van der Waals surface area contributed by atoms with Crippen LogP contribution in [0, 0.1) is 10.1 Å². The predicted molar refractivity (Wildman–Crippen MR) is 216 cm³/mol. The number of carbonyl (C=O) groups excluding carboxylic acids is 2. The number of Topliss-reactive ketones (excluding diaryl/α,β-unsaturated/α-hetero) is 1. The number of azo groups is 1. The molecule has 0 aliphatic heterocycles. The number of nitrogens with two attached hydrogens (primary N) is 1. The molecule has 0 heterocycles. The number of aromatic carboxylic acids is 1. The number of hydrazone groups is 2. The fourth-order valence-corrected chi connectivity index (χ4v) is 6.39. The number of nitrogen functional groups attached to an aromatic ring is 1. The van der Waals surface area contributed by atoms with Gasteiger partial charge in [-0.2, -0.15) is 18.6 Å². The Morgan fingerprint density at radius 1 is 0.817 bits per heavy atom. The number of carboxylic acid groups (broad SMARTS) is 2. The monoisotopic (exact) mass is 836 g/mol. The Hall–Kier alpha value is -8.37. The molecule has 22 heteroatoms. The van der Waals surface area contributed by atoms with E-state index in [0.717, 1.165) is 36.4 Å². The Labute approximate surface area is 337 Å². The minimum absolute atomic E-state index is 0.125. The molecule has 0 atom stereocenters. The fourth-order valence-electron chi connectivity index (χ4n) is 5.74. The molecule has 0 radical (unpaired) electrons. The van der Waals surface area contributed by atoms with Gasteiger partial charge in [-0.05, 0) is 77.9 Å². The summed E-state index contributed by atoms with van der Waals surface area (Å²) in [7, 11) is -2.38. The second kappa shape index (κ2) is 16.6. The SMILES string of the molecule is COc1cc(-c2ccc(N/N=C3\C(=O)c4ccc(N)c(N=Nc5ccc([N+](=O)[O-])cc5C(=O)O)c4C=C3S(=O)(=O)O)c(OC)c2)ccc1N/N=C1\C=CC(=O)C(C(=O)O)=C1. The quantitative estimate of drug-likeness (QED) is 0.0177. The van der Waals surface area contributed by atoms with E-state index in [2.05, 4.69) is 31.3 Å². The Balaban J connectivity index is 1.29. The molecule has 60 heavy (non-hydrogen) atoms. The number of hydrogen-bond acceptors (Lipinski definition) is 17. The number of ketones is 2. The number of fused-ring (bicyclic) bond motifs is 1. The van der Waals surface area contributed by atoms with Crippen LogP contribution in [0.4, 0.5) is 34.1 Å². The zero-order valence-electron chi connectivity index (χ0n) is 30.8. The van der Waals surface area contributed by atoms with Gasteiger partial charge in [-0.25, -0.2) is 9.59 Å². The lowest BCUT2D eigenvalue weighted by atomic mass is 9.92. The number of methoxy groups -OCH3 is 2. The van der Waals surface area contributed by atoms with Crippen LogP contribution in [0.1, 0.15) is 26.3 Å². The van der Waals surface area contributed by atoms with Crippen molar-refractivity contribution < 1.29 is 56.8 Å². The number of nitro benzene ring substituents is 1. The molecule has 2 aliphatic carbocycles. The first-order chi connectivity index (χ1) is 28.5. The number of carboxylic acids is 2. The summed E-state index contributed by atoms with van der Waals surface area (Å²) < 4.78 is 46.6. The maximum absolute atomic E-state index is 13.8. The van der Waals surface area contributed by atoms with Crippen molar-refractivity contribution >= 4 is 85.2 Å². The normalized spacial score (nSPS) is 15.1. The highest BCUT2D eigenvalue weighted by Gasteiger charge is 2.35. The molecule has 304 valence electrons. The third kappa shape index (κ3) is 8.48. The second-order valence-corrected chi connectivity index (χ2v) is 13.7. The van der Waals surface area contributed by atoms with E-state index in [1.165, 1.54) is 38.5 Å². The highest BCUT2D eigenvalue weighted by atomic mass is 32.2. The van der Waals surface area contributed by atoms with Gasteiger partial charge >= 0.3 is 11.9 Å². The summed E-state index contributed by atoms with van der Waals surface area (Å²) in [6.07, 6.45) is 4.46. The van der Waals surface area contributed by atoms with Crippen LogP contribution >= 0.6 is 0 Å². The van der Waals surface area contributed by atoms with E-state index in [4.69, 9.17) is 15.2 Å². The second-order valence-electron chi connectivity index (χ2n) is 12.4. The van der Waals surface area contributed by atoms with Gasteiger partial charge < -0.3 is 25.4 Å². The minimum Gasteiger partial charge on any atom is -0.494 e. The van der Waals surface area contributed by atoms with E-state index >= 15 is 0 Å². The zero-order valence-corrected chi connectivity index (χ0v) is 31.6. The number of anilines is 3. The maximum Gasteiger partial charge on any atom is 0.339 e. The van der Waals surface area contributed by atoms with Crippen LogP contribution in [0.5, 0.6) is 11.5 Å². The van der Waals surface area contributed by atoms with Gasteiger partial charge in [-0.15, -0.1) is 10.2 Å². The molecule has 7 N–H and O–H groups in total. The largest absolute Gasteiger partial charge is 0.494 e. The van der Waals surface area contributed by atoms with Crippen LogP contribution in [-0.2, 0) is 19.7 Å². The van der Waals surface area contributed by atoms with E-state index in [1.807, 2.05) is 0 Å². The first kappa shape index (κ1) is 41.3. The van der Waals surface area contributed by atoms with E-state index in [0.29, 0.717) is 22.6 Å². The molecule has 21 nitrogen and oxygen atoms in total. The van der Waals surface area contributed by atoms with E-state index in [-0.39, 0.29) is 45.3 Å². The summed E-state index contributed by atoms with van der Waals surface area (Å²) in [5, 5.41) is 46.0. The topological polar surface area (TPSA) is 324 Å². The van der Waals surface area contributed by atoms with Crippen molar-refractivity contribution in [2.24, 2.45) is 20.4 Å². The predicted octanol–water partition coefficient (Wildman–Crippen LogP) is 5.79. The molecule has 0 unspecified atom stereocenters. The van der Waals surface area contributed by atoms with Gasteiger partial charge in [0, 0.05) is 23.3 Å². The summed E-state index contributed by atoms with van der Waals surface area (Å²) >= 11 is 0. The van der Waals surface area contributed by atoms with Crippen LogP contribution < -0.4 is 26.1 Å². The number of non-ortho nitro benzene ring substituents is 1. The number of ether oxygens (including phenoxy) is 2. The average molecular weight is 837 g/mol. The van der Waals surface area contributed by atoms with Crippen LogP contribution in [-0.4, -0.2) is 77.3 Å². The Morgan fingerprint density at radius 2 is 1.45 bits per heavy atom. The van der Waals surface area contributed by atoms with Gasteiger partial charge in [0.05, 0.1) is 47.5 Å². The molecule has 2 aliphatic rings. The highest BCUT2D eigenvalue weighted by molar-refractivity contribution is 7.91. The summed E-state index contributed by atoms with van der Waals surface area (Å²) in [5.74, 6) is -4.06. The number of nitro groups is 1. The number of carbonyl (C=O) groups is 4. The molecule has 0 amide bonds. The molecule has 0 spiro atoms. The third-order valence-electron chi connectivity index (χ3n) is 8.70. The Bertz CT molecular complexity index is 2860. The number of rotatable bonds is 13. The standard InChI is InChI=1S/C38H28N8O13S/c1-58-31-13-18(3-9-28(31)42-40-20-5-12-30(47)25(15-20)38(51)52)19-4-10-29(32(14-19)59-2)43-45-35-33(60(55,56)57)17-23-22(36(35)48)7-8-26(39)34(23)44-41-27-11-6-21(46(53)54)16-24(27)37(49)50/h3-17,42-43H,39H2,1-2H3,(H,49,50)(H,51,52)(H,55,56,57)/b40-20+,44-41?,45-35-. The molecule has 0 saturated heterocycles. The lowest BCUT2D eigenvalue weighted by molar-refractivity contribution is -0.384. The van der Waals surface area contributed by atoms with E-state index < -0.39 is 66.0 Å². The van der Waals surface area contributed by atoms with E-state index in [9.17, 15) is 52.5 Å². The van der Waals surface area contributed by atoms with Gasteiger partial charge in [0.15, 0.2) is 11.5 Å². The first-order valence-corrected chi connectivity index (χ1v) is 18.3. The molecule has 0 aromatic heterocycles. The van der Waals surface area contributed by atoms with Gasteiger partial charge in [-0.1, -0.05) is 12.1 Å². The van der Waals surface area contributed by atoms with Gasteiger partial charge in [0.25, 0.3) is 15.8 Å². The third-order valence-corrected chi connectivity index (χ3v) is 9.56. The highest BCUT2D eigenvalue weighted by Crippen LogP contribution is 2.39. The number of aliphatic carboxylic acids is 1. The van der Waals surface area contributed by atoms with E-state index in [1.54, 1.807) is 30.3 Å². The summed E-state index contributed by atoms with van der Waals surface area (Å²) in [6.45, 7) is 0. The molecular formula is C38H28N8O13S. The zero-order chi connectivity index (χ0) is 43.5. The van der Waals surface area contributed by atoms with Crippen LogP contribution in [0.15, 0.2) is 116 Å². The molecule has 0 fully saturated rings. The molecule has 4 aromatic carbocycles. The van der Waals surface area contributed by atoms with Gasteiger partial charge in [-0.3, -0.25) is 35.1 Å². The van der Waals surface area contributed by atoms with Crippen molar-refractivity contribution in [1.29, 1.82) is 0 Å². The molecular weight excluding hydrogens is 809 g/mol. The summed E-state index contributed by atoms with van der Waals surface area (Å²) in [5.41, 5.74) is 10.1. The maximum atomic E-state index is 13.8. The number of allylic oxidation sites excluding steroid dienone is 4. The van der Waals surface area contributed by atoms with Gasteiger partial charge in [0.2, 0.25) is 5.78 Å². The van der Waals surface area contributed by atoms with Crippen LogP contribution in [0.3, 0.4) is 0 Å². The number of nitrogens with one attached hydrogen (secondary N) is 2. The molecule has 4 aromatic rings. The summed E-state index contributed by atoms with van der Waals surface area (Å²) in [6, 6.07) is 15.1. The van der Waals surface area contributed by atoms with Crippen molar-refractivity contribution in [2.75, 3.05) is 30.8 Å². The number of nitrogens with zero attached hydrogens (tertiary/aromatic N) is 5. The van der Waals surface area contributed by atoms with Gasteiger partial charge in [0.1, 0.15) is 33.4 Å². The van der Waals surface area contributed by atoms with Crippen molar-refractivity contribution in [2.45, 2.75) is 0 Å². The summed E-state index contributed by atoms with van der Waals surface area (Å²) in [4.78, 5) is 58.1. The average Bonchev–Trinajstić information content (AvgIpc) is 3.21. The lowest BCUT2D eigenvalue weighted by Crippen LogP contribution is -2.27. The minimum atomic E-state index is -5.15. The molecule has 6 rings (SSSR count). The number of hydrogen-bond donors (Lipinski definition) is 6. The van der Waals surface area contributed by atoms with Crippen LogP contribution in [0.25, 0.3) is 17.2 Å². The van der Waals surface area contributed by atoms with Crippen LogP contribution in [0.2, 0.25) is 0 Å². The van der Waals surface area contributed by atoms with Crippen molar-refractivity contribution in [3.05, 3.63) is 122 Å². The van der Waals surface area contributed by atoms with Crippen molar-refractivity contribution in [3.63, 3.8) is 0 Å². The van der Waals surface area contributed by atoms with Crippen molar-refractivity contribution in [1.82, 2.24) is 0 Å². The van der Waals surface area contributed by atoms with Crippen molar-refractivity contribution in [3.8, 4) is 22.6 Å². The smallest absolute Gasteiger partial charge is 0.339 e.